The molecule has 0 radical (unpaired) electrons. The number of fused-ring (bicyclic) bond motifs is 1. The fourth-order valence-corrected chi connectivity index (χ4v) is 0.663. The van der Waals surface area contributed by atoms with E-state index in [9.17, 15) is 0 Å². The normalized spacial score (nSPS) is 9.71. The van der Waals surface area contributed by atoms with Crippen molar-refractivity contribution in [1.29, 1.82) is 0 Å². The molecule has 2 rings (SSSR count). The molecule has 0 atom stereocenters. The highest BCUT2D eigenvalue weighted by Gasteiger charge is 2.03. The van der Waals surface area contributed by atoms with E-state index in [4.69, 9.17) is 0 Å². The molecule has 2 aliphatic rings. The number of benzene rings is 1. The number of hydrogen-bond donors (Lipinski definition) is 0. The second-order valence-electron chi connectivity index (χ2n) is 1.58. The van der Waals surface area contributed by atoms with Crippen molar-refractivity contribution in [3.63, 3.8) is 0 Å². The van der Waals surface area contributed by atoms with E-state index in [1.54, 1.807) is 0 Å². The molecular weight excluding hydrogens is 104 g/mol. The van der Waals surface area contributed by atoms with Gasteiger partial charge >= 0.3 is 0 Å². The molecule has 0 bridgehead atoms. The molecule has 36 valence electrons. The molecule has 0 nitrogen and oxygen atoms in total. The summed E-state index contributed by atoms with van der Waals surface area (Å²) >= 11 is 0. The van der Waals surface area contributed by atoms with Gasteiger partial charge in [0.25, 0.3) is 0 Å². The SMILES string of the molecule is S.c1cc2ccc1-2. The van der Waals surface area contributed by atoms with E-state index in [1.807, 2.05) is 0 Å². The molecule has 1 heteroatoms. The highest BCUT2D eigenvalue weighted by molar-refractivity contribution is 7.59. The van der Waals surface area contributed by atoms with Crippen LogP contribution in [0, 0.1) is 0 Å². The Morgan fingerprint density at radius 2 is 1.00 bits per heavy atom. The van der Waals surface area contributed by atoms with Crippen LogP contribution in [0.25, 0.3) is 11.1 Å². The fraction of sp³-hybridized carbons (Fsp3) is 0. The molecule has 2 aliphatic carbocycles. The first-order chi connectivity index (χ1) is 2.97. The van der Waals surface area contributed by atoms with Crippen LogP contribution >= 0.6 is 13.5 Å². The molecule has 0 aliphatic heterocycles. The van der Waals surface area contributed by atoms with E-state index in [0.29, 0.717) is 0 Å². The zero-order valence-corrected chi connectivity index (χ0v) is 4.81. The zero-order chi connectivity index (χ0) is 3.98. The highest BCUT2D eigenvalue weighted by atomic mass is 32.1. The third-order valence-corrected chi connectivity index (χ3v) is 1.22. The third kappa shape index (κ3) is 0.386. The van der Waals surface area contributed by atoms with Crippen molar-refractivity contribution in [2.45, 2.75) is 0 Å². The molecule has 0 aromatic heterocycles. The minimum absolute atomic E-state index is 0. The first-order valence-corrected chi connectivity index (χ1v) is 2.07. The summed E-state index contributed by atoms with van der Waals surface area (Å²) in [5, 5.41) is 0. The predicted octanol–water partition coefficient (Wildman–Crippen LogP) is 1.78. The molecule has 0 saturated heterocycles. The van der Waals surface area contributed by atoms with Crippen LogP contribution in [0.15, 0.2) is 24.3 Å². The molecule has 7 heavy (non-hydrogen) atoms. The van der Waals surface area contributed by atoms with Crippen LogP contribution in [0.1, 0.15) is 0 Å². The fourth-order valence-electron chi connectivity index (χ4n) is 0.663. The molecule has 0 N–H and O–H groups in total. The van der Waals surface area contributed by atoms with Crippen LogP contribution in [0.4, 0.5) is 0 Å². The van der Waals surface area contributed by atoms with Gasteiger partial charge in [-0.25, -0.2) is 0 Å². The highest BCUT2D eigenvalue weighted by Crippen LogP contribution is 2.29. The number of hydrogen-bond acceptors (Lipinski definition) is 0. The van der Waals surface area contributed by atoms with Crippen molar-refractivity contribution in [2.75, 3.05) is 0 Å². The molecule has 0 saturated carbocycles. The molecular formula is C6H6S. The van der Waals surface area contributed by atoms with Crippen LogP contribution in [0.3, 0.4) is 0 Å². The molecule has 0 heterocycles. The van der Waals surface area contributed by atoms with Gasteiger partial charge in [0.05, 0.1) is 0 Å². The van der Waals surface area contributed by atoms with Crippen LogP contribution in [0.5, 0.6) is 0 Å². The van der Waals surface area contributed by atoms with Gasteiger partial charge in [0.2, 0.25) is 0 Å². The van der Waals surface area contributed by atoms with Crippen molar-refractivity contribution in [3.05, 3.63) is 24.3 Å². The molecule has 0 spiro atoms. The summed E-state index contributed by atoms with van der Waals surface area (Å²) in [5.41, 5.74) is 2.85. The van der Waals surface area contributed by atoms with Crippen molar-refractivity contribution in [2.24, 2.45) is 0 Å². The van der Waals surface area contributed by atoms with E-state index in [-0.39, 0.29) is 13.5 Å². The van der Waals surface area contributed by atoms with Crippen molar-refractivity contribution in [3.8, 4) is 11.1 Å². The lowest BCUT2D eigenvalue weighted by Gasteiger charge is -2.10. The maximum atomic E-state index is 2.12. The largest absolute Gasteiger partial charge is 0.197 e. The first-order valence-electron chi connectivity index (χ1n) is 2.07. The van der Waals surface area contributed by atoms with E-state index in [1.165, 1.54) is 11.1 Å². The van der Waals surface area contributed by atoms with Gasteiger partial charge in [-0.05, 0) is 11.1 Å². The average molecular weight is 110 g/mol. The van der Waals surface area contributed by atoms with Gasteiger partial charge in [-0.2, -0.15) is 13.5 Å². The van der Waals surface area contributed by atoms with Crippen molar-refractivity contribution in [1.82, 2.24) is 0 Å². The zero-order valence-electron chi connectivity index (χ0n) is 3.81. The lowest BCUT2D eigenvalue weighted by molar-refractivity contribution is 1.55. The van der Waals surface area contributed by atoms with Gasteiger partial charge in [0.15, 0.2) is 0 Å². The third-order valence-electron chi connectivity index (χ3n) is 1.22. The monoisotopic (exact) mass is 110 g/mol. The van der Waals surface area contributed by atoms with E-state index < -0.39 is 0 Å². The minimum Gasteiger partial charge on any atom is -0.197 e. The minimum atomic E-state index is 0. The van der Waals surface area contributed by atoms with Crippen molar-refractivity contribution >= 4 is 13.5 Å². The Kier molecular flexibility index (Phi) is 0.857. The molecule has 0 aromatic rings. The van der Waals surface area contributed by atoms with Gasteiger partial charge in [0.1, 0.15) is 0 Å². The topological polar surface area (TPSA) is 0 Å². The Labute approximate surface area is 49.6 Å². The predicted molar refractivity (Wildman–Crippen MR) is 35.8 cm³/mol. The Morgan fingerprint density at radius 3 is 1.00 bits per heavy atom. The summed E-state index contributed by atoms with van der Waals surface area (Å²) in [6.07, 6.45) is 0. The second kappa shape index (κ2) is 1.27. The quantitative estimate of drug-likeness (QED) is 0.485. The first kappa shape index (κ1) is 4.72. The van der Waals surface area contributed by atoms with Crippen LogP contribution in [-0.2, 0) is 0 Å². The molecule has 0 unspecified atom stereocenters. The van der Waals surface area contributed by atoms with Gasteiger partial charge in [-0.3, -0.25) is 0 Å². The summed E-state index contributed by atoms with van der Waals surface area (Å²) < 4.78 is 0. The smallest absolute Gasteiger partial charge is 0.0184 e. The maximum absolute atomic E-state index is 2.12. The molecule has 0 aromatic carbocycles. The standard InChI is InChI=1S/C6H4.H2S/c1-2-6-4-3-5(1)6;/h1-4H;1H2. The Morgan fingerprint density at radius 1 is 0.714 bits per heavy atom. The lowest BCUT2D eigenvalue weighted by Crippen LogP contribution is -1.85. The van der Waals surface area contributed by atoms with E-state index >= 15 is 0 Å². The summed E-state index contributed by atoms with van der Waals surface area (Å²) in [5.74, 6) is 0. The number of rotatable bonds is 0. The van der Waals surface area contributed by atoms with Crippen molar-refractivity contribution < 1.29 is 0 Å². The molecule has 0 amide bonds. The van der Waals surface area contributed by atoms with E-state index in [0.717, 1.165) is 0 Å². The van der Waals surface area contributed by atoms with Crippen LogP contribution < -0.4 is 0 Å². The van der Waals surface area contributed by atoms with Crippen LogP contribution in [-0.4, -0.2) is 0 Å². The van der Waals surface area contributed by atoms with Gasteiger partial charge in [0, 0.05) is 0 Å². The summed E-state index contributed by atoms with van der Waals surface area (Å²) in [4.78, 5) is 0. The Bertz CT molecular complexity index is 143. The average Bonchev–Trinajstić information content (AvgIpc) is 1.54. The van der Waals surface area contributed by atoms with Gasteiger partial charge in [-0.15, -0.1) is 0 Å². The van der Waals surface area contributed by atoms with Gasteiger partial charge < -0.3 is 0 Å². The lowest BCUT2D eigenvalue weighted by atomic mass is 9.95. The Hall–Kier alpha value is -0.430. The summed E-state index contributed by atoms with van der Waals surface area (Å²) in [6, 6.07) is 8.48. The second-order valence-corrected chi connectivity index (χ2v) is 1.58. The summed E-state index contributed by atoms with van der Waals surface area (Å²) in [7, 11) is 0. The molecule has 0 fully saturated rings. The Balaban J connectivity index is 0.000000245. The summed E-state index contributed by atoms with van der Waals surface area (Å²) in [6.45, 7) is 0. The maximum Gasteiger partial charge on any atom is -0.0184 e. The van der Waals surface area contributed by atoms with Gasteiger partial charge in [-0.1, -0.05) is 24.3 Å². The van der Waals surface area contributed by atoms with E-state index in [2.05, 4.69) is 24.3 Å². The van der Waals surface area contributed by atoms with Crippen LogP contribution in [0.2, 0.25) is 0 Å².